The van der Waals surface area contributed by atoms with Crippen LogP contribution in [0.3, 0.4) is 0 Å². The second-order valence-electron chi connectivity index (χ2n) is 2.29. The predicted octanol–water partition coefficient (Wildman–Crippen LogP) is 3.09. The number of aromatic amines is 1. The van der Waals surface area contributed by atoms with E-state index in [9.17, 15) is 0 Å². The zero-order chi connectivity index (χ0) is 8.27. The topological polar surface area (TPSA) is 15.8 Å². The van der Waals surface area contributed by atoms with Crippen LogP contribution in [-0.2, 0) is 0 Å². The van der Waals surface area contributed by atoms with E-state index in [1.165, 1.54) is 0 Å². The number of rotatable bonds is 2. The summed E-state index contributed by atoms with van der Waals surface area (Å²) < 4.78 is 0. The van der Waals surface area contributed by atoms with Crippen molar-refractivity contribution in [3.63, 3.8) is 0 Å². The lowest BCUT2D eigenvalue weighted by Crippen LogP contribution is -1.78. The Balaban J connectivity index is 3.01. The first-order chi connectivity index (χ1) is 5.25. The molecule has 0 bridgehead atoms. The molecule has 0 unspecified atom stereocenters. The summed E-state index contributed by atoms with van der Waals surface area (Å²) in [5.74, 6) is 0. The minimum atomic E-state index is 0.697. The van der Waals surface area contributed by atoms with Gasteiger partial charge >= 0.3 is 0 Å². The Bertz CT molecular complexity index is 284. The third kappa shape index (κ3) is 1.75. The van der Waals surface area contributed by atoms with Crippen molar-refractivity contribution < 1.29 is 0 Å². The summed E-state index contributed by atoms with van der Waals surface area (Å²) in [6.07, 6.45) is 5.30. The first-order valence-electron chi connectivity index (χ1n) is 3.38. The van der Waals surface area contributed by atoms with Crippen molar-refractivity contribution in [2.24, 2.45) is 0 Å². The molecule has 0 amide bonds. The van der Waals surface area contributed by atoms with Crippen molar-refractivity contribution in [2.45, 2.75) is 6.92 Å². The summed E-state index contributed by atoms with van der Waals surface area (Å²) in [7, 11) is 0. The standard InChI is InChI=1S/C9H10ClN/c1-3-4-8(10)9-7(2)5-6-11-9/h3-6,11H,1H2,2H3/b8-4+. The highest BCUT2D eigenvalue weighted by Gasteiger charge is 2.00. The van der Waals surface area contributed by atoms with Crippen LogP contribution in [0.25, 0.3) is 5.03 Å². The van der Waals surface area contributed by atoms with E-state index < -0.39 is 0 Å². The van der Waals surface area contributed by atoms with Gasteiger partial charge in [-0.25, -0.2) is 0 Å². The van der Waals surface area contributed by atoms with Crippen LogP contribution < -0.4 is 0 Å². The van der Waals surface area contributed by atoms with Crippen molar-refractivity contribution in [2.75, 3.05) is 0 Å². The monoisotopic (exact) mass is 167 g/mol. The van der Waals surface area contributed by atoms with Gasteiger partial charge in [0.2, 0.25) is 0 Å². The molecule has 1 N–H and O–H groups in total. The molecule has 0 spiro atoms. The second kappa shape index (κ2) is 3.44. The van der Waals surface area contributed by atoms with E-state index >= 15 is 0 Å². The Morgan fingerprint density at radius 2 is 2.45 bits per heavy atom. The van der Waals surface area contributed by atoms with Crippen molar-refractivity contribution >= 4 is 16.6 Å². The average Bonchev–Trinajstić information content (AvgIpc) is 2.36. The number of halogens is 1. The predicted molar refractivity (Wildman–Crippen MR) is 49.6 cm³/mol. The number of allylic oxidation sites excluding steroid dienone is 2. The first-order valence-corrected chi connectivity index (χ1v) is 3.76. The number of nitrogens with one attached hydrogen (secondary N) is 1. The molecule has 0 saturated heterocycles. The van der Waals surface area contributed by atoms with Crippen LogP contribution in [-0.4, -0.2) is 4.98 Å². The molecule has 1 aromatic heterocycles. The Labute approximate surface area is 71.4 Å². The Morgan fingerprint density at radius 3 is 2.91 bits per heavy atom. The molecule has 1 heterocycles. The van der Waals surface area contributed by atoms with Gasteiger partial charge in [0.25, 0.3) is 0 Å². The van der Waals surface area contributed by atoms with Gasteiger partial charge in [-0.2, -0.15) is 0 Å². The van der Waals surface area contributed by atoms with Crippen molar-refractivity contribution in [3.8, 4) is 0 Å². The van der Waals surface area contributed by atoms with E-state index in [0.717, 1.165) is 11.3 Å². The van der Waals surface area contributed by atoms with Crippen molar-refractivity contribution in [3.05, 3.63) is 42.3 Å². The van der Waals surface area contributed by atoms with E-state index in [1.54, 1.807) is 12.2 Å². The van der Waals surface area contributed by atoms with Gasteiger partial charge in [-0.1, -0.05) is 24.3 Å². The highest BCUT2D eigenvalue weighted by Crippen LogP contribution is 2.20. The summed E-state index contributed by atoms with van der Waals surface area (Å²) >= 11 is 5.91. The summed E-state index contributed by atoms with van der Waals surface area (Å²) in [5.41, 5.74) is 2.11. The summed E-state index contributed by atoms with van der Waals surface area (Å²) in [6.45, 7) is 5.57. The zero-order valence-electron chi connectivity index (χ0n) is 6.39. The molecule has 2 heteroatoms. The molecule has 1 rings (SSSR count). The Kier molecular flexibility index (Phi) is 2.55. The number of aromatic nitrogens is 1. The van der Waals surface area contributed by atoms with E-state index in [-0.39, 0.29) is 0 Å². The molecule has 0 saturated carbocycles. The third-order valence-electron chi connectivity index (χ3n) is 1.46. The number of hydrogen-bond donors (Lipinski definition) is 1. The molecule has 0 radical (unpaired) electrons. The Morgan fingerprint density at radius 1 is 1.73 bits per heavy atom. The molecule has 0 aliphatic carbocycles. The average molecular weight is 168 g/mol. The number of hydrogen-bond acceptors (Lipinski definition) is 0. The van der Waals surface area contributed by atoms with Crippen LogP contribution in [0.15, 0.2) is 31.0 Å². The van der Waals surface area contributed by atoms with Gasteiger partial charge < -0.3 is 4.98 Å². The fraction of sp³-hybridized carbons (Fsp3) is 0.111. The maximum absolute atomic E-state index is 5.91. The minimum Gasteiger partial charge on any atom is -0.360 e. The van der Waals surface area contributed by atoms with E-state index in [1.807, 2.05) is 19.2 Å². The lowest BCUT2D eigenvalue weighted by molar-refractivity contribution is 1.34. The van der Waals surface area contributed by atoms with Crippen LogP contribution in [0.4, 0.5) is 0 Å². The third-order valence-corrected chi connectivity index (χ3v) is 1.77. The minimum absolute atomic E-state index is 0.697. The molecule has 0 aliphatic rings. The van der Waals surface area contributed by atoms with Crippen molar-refractivity contribution in [1.82, 2.24) is 4.98 Å². The smallest absolute Gasteiger partial charge is 0.0643 e. The van der Waals surface area contributed by atoms with Crippen LogP contribution in [0.2, 0.25) is 0 Å². The molecule has 11 heavy (non-hydrogen) atoms. The lowest BCUT2D eigenvalue weighted by Gasteiger charge is -1.94. The van der Waals surface area contributed by atoms with Gasteiger partial charge in [-0.05, 0) is 24.6 Å². The molecule has 0 fully saturated rings. The van der Waals surface area contributed by atoms with Crippen LogP contribution in [0, 0.1) is 6.92 Å². The van der Waals surface area contributed by atoms with Gasteiger partial charge in [0.15, 0.2) is 0 Å². The molecular formula is C9H10ClN. The van der Waals surface area contributed by atoms with E-state index in [4.69, 9.17) is 11.6 Å². The maximum atomic E-state index is 5.91. The van der Waals surface area contributed by atoms with Gasteiger partial charge in [-0.3, -0.25) is 0 Å². The Hall–Kier alpha value is -0.950. The van der Waals surface area contributed by atoms with Gasteiger partial charge in [0.1, 0.15) is 0 Å². The van der Waals surface area contributed by atoms with Gasteiger partial charge in [0, 0.05) is 6.20 Å². The molecule has 0 atom stereocenters. The highest BCUT2D eigenvalue weighted by molar-refractivity contribution is 6.48. The molecular weight excluding hydrogens is 158 g/mol. The fourth-order valence-electron chi connectivity index (χ4n) is 0.891. The molecule has 0 aliphatic heterocycles. The van der Waals surface area contributed by atoms with E-state index in [2.05, 4.69) is 11.6 Å². The number of H-pyrrole nitrogens is 1. The zero-order valence-corrected chi connectivity index (χ0v) is 7.15. The van der Waals surface area contributed by atoms with Crippen molar-refractivity contribution in [1.29, 1.82) is 0 Å². The fourth-order valence-corrected chi connectivity index (χ4v) is 1.18. The van der Waals surface area contributed by atoms with Crippen LogP contribution in [0.1, 0.15) is 11.3 Å². The molecule has 1 nitrogen and oxygen atoms in total. The highest BCUT2D eigenvalue weighted by atomic mass is 35.5. The molecule has 0 aromatic carbocycles. The number of aryl methyl sites for hydroxylation is 1. The summed E-state index contributed by atoms with van der Waals surface area (Å²) in [6, 6.07) is 1.98. The molecule has 58 valence electrons. The lowest BCUT2D eigenvalue weighted by atomic mass is 10.2. The largest absolute Gasteiger partial charge is 0.360 e. The second-order valence-corrected chi connectivity index (χ2v) is 2.69. The molecule has 1 aromatic rings. The summed E-state index contributed by atoms with van der Waals surface area (Å²) in [5, 5.41) is 0.697. The van der Waals surface area contributed by atoms with Gasteiger partial charge in [0.05, 0.1) is 10.7 Å². The maximum Gasteiger partial charge on any atom is 0.0643 e. The first kappa shape index (κ1) is 8.15. The van der Waals surface area contributed by atoms with Crippen LogP contribution >= 0.6 is 11.6 Å². The quantitative estimate of drug-likeness (QED) is 0.652. The van der Waals surface area contributed by atoms with Crippen LogP contribution in [0.5, 0.6) is 0 Å². The normalized spacial score (nSPS) is 11.6. The van der Waals surface area contributed by atoms with Gasteiger partial charge in [-0.15, -0.1) is 0 Å². The van der Waals surface area contributed by atoms with E-state index in [0.29, 0.717) is 5.03 Å². The summed E-state index contributed by atoms with van der Waals surface area (Å²) in [4.78, 5) is 3.04. The SMILES string of the molecule is C=C/C=C(/Cl)c1[nH]ccc1C.